The Labute approximate surface area is 153 Å². The van der Waals surface area contributed by atoms with Gasteiger partial charge in [0.25, 0.3) is 0 Å². The van der Waals surface area contributed by atoms with E-state index in [0.717, 1.165) is 61.9 Å². The molecule has 26 heavy (non-hydrogen) atoms. The van der Waals surface area contributed by atoms with Crippen molar-refractivity contribution < 1.29 is 9.59 Å². The van der Waals surface area contributed by atoms with E-state index >= 15 is 0 Å². The Hall–Kier alpha value is -2.37. The van der Waals surface area contributed by atoms with Crippen LogP contribution in [0.4, 0.5) is 0 Å². The van der Waals surface area contributed by atoms with Crippen LogP contribution in [0.25, 0.3) is 11.0 Å². The van der Waals surface area contributed by atoms with Crippen molar-refractivity contribution >= 4 is 22.8 Å². The number of amides is 2. The Morgan fingerprint density at radius 3 is 2.73 bits per heavy atom. The lowest BCUT2D eigenvalue weighted by Crippen LogP contribution is -2.42. The summed E-state index contributed by atoms with van der Waals surface area (Å²) in [5.74, 6) is 0.951. The van der Waals surface area contributed by atoms with Gasteiger partial charge in [0.2, 0.25) is 11.8 Å². The van der Waals surface area contributed by atoms with Crippen molar-refractivity contribution in [2.24, 2.45) is 5.92 Å². The molecule has 6 heteroatoms. The van der Waals surface area contributed by atoms with Gasteiger partial charge in [0, 0.05) is 12.5 Å². The summed E-state index contributed by atoms with van der Waals surface area (Å²) < 4.78 is 0. The molecule has 4 rings (SSSR count). The van der Waals surface area contributed by atoms with Gasteiger partial charge in [-0.05, 0) is 37.8 Å². The number of hydrogen-bond donors (Lipinski definition) is 2. The summed E-state index contributed by atoms with van der Waals surface area (Å²) in [6.45, 7) is 0.811. The van der Waals surface area contributed by atoms with Crippen LogP contribution in [-0.4, -0.2) is 39.8 Å². The molecular weight excluding hydrogens is 328 g/mol. The number of H-pyrrole nitrogens is 1. The lowest BCUT2D eigenvalue weighted by molar-refractivity contribution is -0.135. The smallest absolute Gasteiger partial charge is 0.242 e. The number of aromatic amines is 1. The van der Waals surface area contributed by atoms with Gasteiger partial charge in [-0.1, -0.05) is 31.4 Å². The Morgan fingerprint density at radius 1 is 1.12 bits per heavy atom. The highest BCUT2D eigenvalue weighted by atomic mass is 16.2. The van der Waals surface area contributed by atoms with Gasteiger partial charge >= 0.3 is 0 Å². The van der Waals surface area contributed by atoms with Gasteiger partial charge in [-0.3, -0.25) is 9.59 Å². The number of rotatable bonds is 4. The number of carbonyl (C=O) groups is 2. The molecule has 0 radical (unpaired) electrons. The van der Waals surface area contributed by atoms with E-state index in [2.05, 4.69) is 15.3 Å². The normalized spacial score (nSPS) is 21.2. The fourth-order valence-corrected chi connectivity index (χ4v) is 4.25. The number of aromatic nitrogens is 2. The molecule has 1 unspecified atom stereocenters. The molecule has 0 bridgehead atoms. The van der Waals surface area contributed by atoms with E-state index in [1.807, 2.05) is 29.2 Å². The van der Waals surface area contributed by atoms with Crippen LogP contribution < -0.4 is 5.32 Å². The third-order valence-electron chi connectivity index (χ3n) is 5.69. The van der Waals surface area contributed by atoms with Gasteiger partial charge in [-0.2, -0.15) is 0 Å². The minimum absolute atomic E-state index is 0.0166. The summed E-state index contributed by atoms with van der Waals surface area (Å²) in [7, 11) is 0. The average Bonchev–Trinajstić information content (AvgIpc) is 3.32. The maximum absolute atomic E-state index is 12.7. The van der Waals surface area contributed by atoms with Gasteiger partial charge in [0.1, 0.15) is 5.82 Å². The lowest BCUT2D eigenvalue weighted by Gasteiger charge is -2.25. The van der Waals surface area contributed by atoms with Crippen molar-refractivity contribution in [1.82, 2.24) is 20.2 Å². The predicted molar refractivity (Wildman–Crippen MR) is 99.4 cm³/mol. The number of carbonyl (C=O) groups excluding carboxylic acids is 2. The Bertz CT molecular complexity index is 761. The second-order valence-electron chi connectivity index (χ2n) is 7.44. The highest BCUT2D eigenvalue weighted by Crippen LogP contribution is 2.31. The standard InChI is InChI=1S/C20H26N4O2/c25-18(13-21-20(26)14-7-2-1-3-8-14)24-12-6-11-17(24)19-22-15-9-4-5-10-16(15)23-19/h4-5,9-10,14,17H,1-3,6-8,11-13H2,(H,21,26)(H,22,23). The van der Waals surface area contributed by atoms with Crippen LogP contribution in [0.5, 0.6) is 0 Å². The molecule has 1 saturated carbocycles. The van der Waals surface area contributed by atoms with Crippen LogP contribution in [0.1, 0.15) is 56.8 Å². The second kappa shape index (κ2) is 7.48. The molecule has 1 aromatic heterocycles. The van der Waals surface area contributed by atoms with Crippen LogP contribution >= 0.6 is 0 Å². The summed E-state index contributed by atoms with van der Waals surface area (Å²) >= 11 is 0. The molecule has 2 amide bonds. The van der Waals surface area contributed by atoms with E-state index in [-0.39, 0.29) is 30.3 Å². The van der Waals surface area contributed by atoms with Gasteiger partial charge in [0.05, 0.1) is 23.6 Å². The average molecular weight is 354 g/mol. The number of nitrogens with one attached hydrogen (secondary N) is 2. The molecule has 1 aliphatic carbocycles. The highest BCUT2D eigenvalue weighted by Gasteiger charge is 2.32. The van der Waals surface area contributed by atoms with E-state index in [9.17, 15) is 9.59 Å². The number of nitrogens with zero attached hydrogens (tertiary/aromatic N) is 2. The summed E-state index contributed by atoms with van der Waals surface area (Å²) in [6.07, 6.45) is 7.22. The predicted octanol–water partition coefficient (Wildman–Crippen LogP) is 2.92. The zero-order valence-electron chi connectivity index (χ0n) is 15.0. The van der Waals surface area contributed by atoms with Crippen molar-refractivity contribution in [3.63, 3.8) is 0 Å². The second-order valence-corrected chi connectivity index (χ2v) is 7.44. The molecule has 1 aromatic carbocycles. The van der Waals surface area contributed by atoms with Crippen molar-refractivity contribution in [2.75, 3.05) is 13.1 Å². The van der Waals surface area contributed by atoms with Crippen molar-refractivity contribution in [1.29, 1.82) is 0 Å². The van der Waals surface area contributed by atoms with E-state index in [1.165, 1.54) is 6.42 Å². The summed E-state index contributed by atoms with van der Waals surface area (Å²) in [5, 5.41) is 2.87. The van der Waals surface area contributed by atoms with Gasteiger partial charge in [-0.15, -0.1) is 0 Å². The van der Waals surface area contributed by atoms with E-state index in [1.54, 1.807) is 0 Å². The molecule has 2 heterocycles. The molecule has 6 nitrogen and oxygen atoms in total. The molecule has 138 valence electrons. The fraction of sp³-hybridized carbons (Fsp3) is 0.550. The highest BCUT2D eigenvalue weighted by molar-refractivity contribution is 5.86. The summed E-state index contributed by atoms with van der Waals surface area (Å²) in [6, 6.07) is 7.88. The maximum Gasteiger partial charge on any atom is 0.242 e. The van der Waals surface area contributed by atoms with Crippen molar-refractivity contribution in [3.8, 4) is 0 Å². The quantitative estimate of drug-likeness (QED) is 0.886. The summed E-state index contributed by atoms with van der Waals surface area (Å²) in [5.41, 5.74) is 1.92. The summed E-state index contributed by atoms with van der Waals surface area (Å²) in [4.78, 5) is 34.9. The third kappa shape index (κ3) is 3.45. The first-order chi connectivity index (χ1) is 12.7. The first kappa shape index (κ1) is 17.1. The van der Waals surface area contributed by atoms with E-state index < -0.39 is 0 Å². The zero-order valence-corrected chi connectivity index (χ0v) is 15.0. The topological polar surface area (TPSA) is 78.1 Å². The Kier molecular flexibility index (Phi) is 4.91. The monoisotopic (exact) mass is 354 g/mol. The molecule has 2 N–H and O–H groups in total. The Morgan fingerprint density at radius 2 is 1.92 bits per heavy atom. The first-order valence-corrected chi connectivity index (χ1v) is 9.74. The minimum atomic E-state index is -0.0264. The number of likely N-dealkylation sites (tertiary alicyclic amines) is 1. The largest absolute Gasteiger partial charge is 0.347 e. The van der Waals surface area contributed by atoms with Crippen molar-refractivity contribution in [3.05, 3.63) is 30.1 Å². The molecule has 2 aliphatic rings. The van der Waals surface area contributed by atoms with Crippen LogP contribution in [0.3, 0.4) is 0 Å². The molecule has 2 aromatic rings. The molecule has 2 fully saturated rings. The number of fused-ring (bicyclic) bond motifs is 1. The number of benzene rings is 1. The SMILES string of the molecule is O=C(NCC(=O)N1CCCC1c1nc2ccccc2[nH]1)C1CCCCC1. The van der Waals surface area contributed by atoms with Gasteiger partial charge < -0.3 is 15.2 Å². The zero-order chi connectivity index (χ0) is 17.9. The number of imidazole rings is 1. The van der Waals surface area contributed by atoms with Crippen LogP contribution in [0.2, 0.25) is 0 Å². The van der Waals surface area contributed by atoms with Crippen molar-refractivity contribution in [2.45, 2.75) is 51.0 Å². The van der Waals surface area contributed by atoms with Crippen LogP contribution in [-0.2, 0) is 9.59 Å². The molecule has 1 saturated heterocycles. The van der Waals surface area contributed by atoms with Crippen LogP contribution in [0, 0.1) is 5.92 Å². The molecule has 0 spiro atoms. The Balaban J connectivity index is 1.39. The lowest BCUT2D eigenvalue weighted by atomic mass is 9.89. The molecular formula is C20H26N4O2. The number of para-hydroxylation sites is 2. The molecule has 1 aliphatic heterocycles. The van der Waals surface area contributed by atoms with E-state index in [0.29, 0.717) is 0 Å². The van der Waals surface area contributed by atoms with Gasteiger partial charge in [-0.25, -0.2) is 4.98 Å². The third-order valence-corrected chi connectivity index (χ3v) is 5.69. The number of hydrogen-bond acceptors (Lipinski definition) is 3. The molecule has 1 atom stereocenters. The first-order valence-electron chi connectivity index (χ1n) is 9.74. The minimum Gasteiger partial charge on any atom is -0.347 e. The fourth-order valence-electron chi connectivity index (χ4n) is 4.25. The maximum atomic E-state index is 12.7. The van der Waals surface area contributed by atoms with Crippen LogP contribution in [0.15, 0.2) is 24.3 Å². The van der Waals surface area contributed by atoms with Gasteiger partial charge in [0.15, 0.2) is 0 Å². The van der Waals surface area contributed by atoms with E-state index in [4.69, 9.17) is 0 Å².